The standard InChI is InChI=1S/C29H28F3N7O/c1-20(2)38-12-10-37(11-13-38)19-22-6-7-24(15-26(22)29(30,31)32)36-28(40)23-14-21(16-33-17-23)5-8-25-18-34-27-4-3-9-35-39(25)27/h3-4,6-7,9,14-18,20H,10-13,19H2,1-2H3,(H,36,40). The normalized spacial score (nSPS) is 14.8. The van der Waals surface area contributed by atoms with Gasteiger partial charge in [-0.05, 0) is 55.7 Å². The fraction of sp³-hybridized carbons (Fsp3) is 0.310. The Morgan fingerprint density at radius 3 is 2.60 bits per heavy atom. The van der Waals surface area contributed by atoms with Gasteiger partial charge in [-0.1, -0.05) is 12.0 Å². The molecule has 4 aromatic rings. The highest BCUT2D eigenvalue weighted by Gasteiger charge is 2.34. The Labute approximate surface area is 229 Å². The van der Waals surface area contributed by atoms with Gasteiger partial charge in [-0.3, -0.25) is 19.6 Å². The van der Waals surface area contributed by atoms with Gasteiger partial charge in [-0.2, -0.15) is 18.3 Å². The zero-order valence-electron chi connectivity index (χ0n) is 22.1. The number of halogens is 3. The van der Waals surface area contributed by atoms with Gasteiger partial charge in [0.2, 0.25) is 0 Å². The van der Waals surface area contributed by atoms with Crippen molar-refractivity contribution in [1.29, 1.82) is 0 Å². The first-order chi connectivity index (χ1) is 19.2. The Kier molecular flexibility index (Phi) is 7.82. The molecule has 0 spiro atoms. The molecule has 3 aromatic heterocycles. The summed E-state index contributed by atoms with van der Waals surface area (Å²) in [7, 11) is 0. The van der Waals surface area contributed by atoms with Gasteiger partial charge in [0, 0.05) is 68.6 Å². The van der Waals surface area contributed by atoms with Crippen LogP contribution in [-0.2, 0) is 12.7 Å². The molecule has 40 heavy (non-hydrogen) atoms. The second kappa shape index (κ2) is 11.5. The zero-order valence-corrected chi connectivity index (χ0v) is 22.1. The lowest BCUT2D eigenvalue weighted by atomic mass is 10.0. The van der Waals surface area contributed by atoms with Gasteiger partial charge in [-0.25, -0.2) is 9.50 Å². The lowest BCUT2D eigenvalue weighted by Crippen LogP contribution is -2.48. The second-order valence-electron chi connectivity index (χ2n) is 9.88. The molecule has 0 saturated carbocycles. The summed E-state index contributed by atoms with van der Waals surface area (Å²) >= 11 is 0. The molecule has 1 saturated heterocycles. The van der Waals surface area contributed by atoms with Gasteiger partial charge in [0.25, 0.3) is 5.91 Å². The lowest BCUT2D eigenvalue weighted by molar-refractivity contribution is -0.138. The fourth-order valence-corrected chi connectivity index (χ4v) is 4.62. The van der Waals surface area contributed by atoms with Crippen LogP contribution in [0.15, 0.2) is 61.2 Å². The Balaban J connectivity index is 1.30. The number of pyridine rings is 1. The molecule has 0 bridgehead atoms. The zero-order chi connectivity index (χ0) is 28.3. The maximum absolute atomic E-state index is 14.0. The Morgan fingerprint density at radius 1 is 1.05 bits per heavy atom. The van der Waals surface area contributed by atoms with Crippen LogP contribution in [0.1, 0.15) is 46.6 Å². The minimum atomic E-state index is -4.56. The van der Waals surface area contributed by atoms with Gasteiger partial charge >= 0.3 is 6.18 Å². The number of nitrogens with zero attached hydrogens (tertiary/aromatic N) is 6. The third-order valence-corrected chi connectivity index (χ3v) is 6.82. The number of carbonyl (C=O) groups excluding carboxylic acids is 1. The summed E-state index contributed by atoms with van der Waals surface area (Å²) in [6, 6.07) is 9.45. The van der Waals surface area contributed by atoms with E-state index in [0.717, 1.165) is 19.2 Å². The van der Waals surface area contributed by atoms with E-state index in [2.05, 4.69) is 51.0 Å². The Hall–Kier alpha value is -4.27. The number of fused-ring (bicyclic) bond motifs is 1. The van der Waals surface area contributed by atoms with Crippen LogP contribution in [0.4, 0.5) is 18.9 Å². The van der Waals surface area contributed by atoms with Crippen molar-refractivity contribution in [2.75, 3.05) is 31.5 Å². The number of rotatable bonds is 5. The van der Waals surface area contributed by atoms with Crippen molar-refractivity contribution in [2.45, 2.75) is 32.6 Å². The molecule has 8 nitrogen and oxygen atoms in total. The molecule has 0 aliphatic carbocycles. The van der Waals surface area contributed by atoms with E-state index in [1.807, 2.05) is 4.90 Å². The summed E-state index contributed by atoms with van der Waals surface area (Å²) in [5, 5.41) is 6.77. The molecule has 4 heterocycles. The fourth-order valence-electron chi connectivity index (χ4n) is 4.62. The number of imidazole rings is 1. The van der Waals surface area contributed by atoms with Gasteiger partial charge in [0.15, 0.2) is 5.65 Å². The number of hydrogen-bond acceptors (Lipinski definition) is 6. The van der Waals surface area contributed by atoms with Crippen LogP contribution in [0.3, 0.4) is 0 Å². The molecule has 0 unspecified atom stereocenters. The smallest absolute Gasteiger partial charge is 0.322 e. The predicted octanol–water partition coefficient (Wildman–Crippen LogP) is 4.32. The van der Waals surface area contributed by atoms with Crippen molar-refractivity contribution in [3.8, 4) is 11.8 Å². The molecule has 1 N–H and O–H groups in total. The van der Waals surface area contributed by atoms with Gasteiger partial charge in [0.1, 0.15) is 5.69 Å². The molecule has 5 rings (SSSR count). The van der Waals surface area contributed by atoms with Crippen molar-refractivity contribution >= 4 is 17.2 Å². The monoisotopic (exact) mass is 547 g/mol. The minimum absolute atomic E-state index is 0.0546. The number of carbonyl (C=O) groups is 1. The highest BCUT2D eigenvalue weighted by molar-refractivity contribution is 6.04. The number of hydrogen-bond donors (Lipinski definition) is 1. The van der Waals surface area contributed by atoms with E-state index in [4.69, 9.17) is 0 Å². The summed E-state index contributed by atoms with van der Waals surface area (Å²) < 4.78 is 43.5. The highest BCUT2D eigenvalue weighted by atomic mass is 19.4. The minimum Gasteiger partial charge on any atom is -0.322 e. The molecule has 1 amide bonds. The summed E-state index contributed by atoms with van der Waals surface area (Å²) in [6.07, 6.45) is 1.49. The van der Waals surface area contributed by atoms with E-state index in [0.29, 0.717) is 36.0 Å². The van der Waals surface area contributed by atoms with Gasteiger partial charge in [-0.15, -0.1) is 0 Å². The average molecular weight is 548 g/mol. The van der Waals surface area contributed by atoms with Crippen molar-refractivity contribution < 1.29 is 18.0 Å². The maximum Gasteiger partial charge on any atom is 0.416 e. The third-order valence-electron chi connectivity index (χ3n) is 6.82. The van der Waals surface area contributed by atoms with E-state index in [9.17, 15) is 18.0 Å². The average Bonchev–Trinajstić information content (AvgIpc) is 3.36. The maximum atomic E-state index is 14.0. The highest BCUT2D eigenvalue weighted by Crippen LogP contribution is 2.34. The molecule has 11 heteroatoms. The lowest BCUT2D eigenvalue weighted by Gasteiger charge is -2.37. The molecule has 1 aliphatic heterocycles. The van der Waals surface area contributed by atoms with Crippen molar-refractivity contribution in [3.63, 3.8) is 0 Å². The molecule has 1 aliphatic rings. The van der Waals surface area contributed by atoms with E-state index in [1.165, 1.54) is 30.6 Å². The topological polar surface area (TPSA) is 78.7 Å². The number of alkyl halides is 3. The summed E-state index contributed by atoms with van der Waals surface area (Å²) in [5.41, 5.74) is 1.33. The molecular formula is C29H28F3N7O. The van der Waals surface area contributed by atoms with E-state index in [1.54, 1.807) is 29.0 Å². The van der Waals surface area contributed by atoms with Crippen LogP contribution < -0.4 is 5.32 Å². The van der Waals surface area contributed by atoms with Crippen LogP contribution in [-0.4, -0.2) is 67.5 Å². The largest absolute Gasteiger partial charge is 0.416 e. The number of piperazine rings is 1. The quantitative estimate of drug-likeness (QED) is 0.375. The van der Waals surface area contributed by atoms with Crippen molar-refractivity contribution in [2.24, 2.45) is 0 Å². The first-order valence-electron chi connectivity index (χ1n) is 12.9. The number of nitrogens with one attached hydrogen (secondary N) is 1. The Morgan fingerprint density at radius 2 is 1.85 bits per heavy atom. The molecule has 1 fully saturated rings. The molecule has 1 aromatic carbocycles. The first-order valence-corrected chi connectivity index (χ1v) is 12.9. The first kappa shape index (κ1) is 27.3. The van der Waals surface area contributed by atoms with Crippen LogP contribution in [0.25, 0.3) is 5.65 Å². The van der Waals surface area contributed by atoms with Crippen molar-refractivity contribution in [3.05, 3.63) is 89.1 Å². The summed E-state index contributed by atoms with van der Waals surface area (Å²) in [5.74, 6) is 5.30. The molecule has 0 radical (unpaired) electrons. The molecule has 206 valence electrons. The van der Waals surface area contributed by atoms with Crippen LogP contribution >= 0.6 is 0 Å². The third kappa shape index (κ3) is 6.30. The number of aromatic nitrogens is 4. The van der Waals surface area contributed by atoms with E-state index < -0.39 is 17.6 Å². The van der Waals surface area contributed by atoms with Crippen LogP contribution in [0, 0.1) is 11.8 Å². The number of anilines is 1. The van der Waals surface area contributed by atoms with E-state index >= 15 is 0 Å². The van der Waals surface area contributed by atoms with Crippen molar-refractivity contribution in [1.82, 2.24) is 29.4 Å². The van der Waals surface area contributed by atoms with Gasteiger partial charge < -0.3 is 5.32 Å². The summed E-state index contributed by atoms with van der Waals surface area (Å²) in [4.78, 5) is 25.5. The van der Waals surface area contributed by atoms with Crippen LogP contribution in [0.2, 0.25) is 0 Å². The number of amides is 1. The molecule has 0 atom stereocenters. The SMILES string of the molecule is CC(C)N1CCN(Cc2ccc(NC(=O)c3cncc(C#Cc4cnc5cccnn45)c3)cc2C(F)(F)F)CC1. The number of benzene rings is 1. The van der Waals surface area contributed by atoms with Gasteiger partial charge in [0.05, 0.1) is 17.3 Å². The second-order valence-corrected chi connectivity index (χ2v) is 9.88. The van der Waals surface area contributed by atoms with E-state index in [-0.39, 0.29) is 23.4 Å². The molecular weight excluding hydrogens is 519 g/mol. The van der Waals surface area contributed by atoms with Crippen LogP contribution in [0.5, 0.6) is 0 Å². The predicted molar refractivity (Wildman–Crippen MR) is 145 cm³/mol. The Bertz CT molecular complexity index is 1580. The summed E-state index contributed by atoms with van der Waals surface area (Å²) in [6.45, 7) is 7.47.